The number of benzene rings is 1. The van der Waals surface area contributed by atoms with Crippen molar-refractivity contribution >= 4 is 11.9 Å². The smallest absolute Gasteiger partial charge is 0.303 e. The molecule has 1 unspecified atom stereocenters. The summed E-state index contributed by atoms with van der Waals surface area (Å²) in [5, 5.41) is 0. The Labute approximate surface area is 105 Å². The van der Waals surface area contributed by atoms with Gasteiger partial charge in [-0.25, -0.2) is 5.48 Å². The van der Waals surface area contributed by atoms with E-state index in [0.29, 0.717) is 5.56 Å². The molecule has 5 heteroatoms. The van der Waals surface area contributed by atoms with Crippen molar-refractivity contribution in [3.05, 3.63) is 48.6 Å². The van der Waals surface area contributed by atoms with Crippen LogP contribution < -0.4 is 5.48 Å². The molecule has 0 radical (unpaired) electrons. The van der Waals surface area contributed by atoms with Gasteiger partial charge in [-0.15, -0.1) is 6.58 Å². The molecule has 1 amide bonds. The fourth-order valence-electron chi connectivity index (χ4n) is 1.29. The second kappa shape index (κ2) is 7.24. The first-order chi connectivity index (χ1) is 8.65. The zero-order valence-electron chi connectivity index (χ0n) is 10.1. The molecule has 0 spiro atoms. The molecule has 0 saturated heterocycles. The lowest BCUT2D eigenvalue weighted by molar-refractivity contribution is -0.159. The molecule has 1 N–H and O–H groups in total. The number of rotatable bonds is 6. The van der Waals surface area contributed by atoms with Gasteiger partial charge in [0.25, 0.3) is 5.91 Å². The lowest BCUT2D eigenvalue weighted by atomic mass is 10.1. The van der Waals surface area contributed by atoms with E-state index in [-0.39, 0.29) is 6.61 Å². The van der Waals surface area contributed by atoms with Gasteiger partial charge < -0.3 is 4.74 Å². The van der Waals surface area contributed by atoms with Crippen LogP contribution in [-0.4, -0.2) is 18.5 Å². The molecule has 5 nitrogen and oxygen atoms in total. The van der Waals surface area contributed by atoms with E-state index in [4.69, 9.17) is 9.57 Å². The summed E-state index contributed by atoms with van der Waals surface area (Å²) in [5.74, 6) is -1.08. The number of nitrogens with one attached hydrogen (secondary N) is 1. The number of amides is 1. The van der Waals surface area contributed by atoms with Crippen molar-refractivity contribution in [2.24, 2.45) is 0 Å². The summed E-state index contributed by atoms with van der Waals surface area (Å²) in [6.45, 7) is 4.87. The van der Waals surface area contributed by atoms with Gasteiger partial charge in [0.2, 0.25) is 6.10 Å². The zero-order chi connectivity index (χ0) is 13.4. The molecule has 18 heavy (non-hydrogen) atoms. The van der Waals surface area contributed by atoms with Gasteiger partial charge in [0.15, 0.2) is 0 Å². The van der Waals surface area contributed by atoms with E-state index in [1.807, 2.05) is 0 Å². The molecular formula is C13H15NO4. The highest BCUT2D eigenvalue weighted by Gasteiger charge is 2.23. The van der Waals surface area contributed by atoms with Gasteiger partial charge in [-0.2, -0.15) is 0 Å². The highest BCUT2D eigenvalue weighted by Crippen LogP contribution is 2.17. The van der Waals surface area contributed by atoms with Crippen LogP contribution in [0.15, 0.2) is 43.0 Å². The Bertz CT molecular complexity index is 416. The van der Waals surface area contributed by atoms with E-state index in [9.17, 15) is 9.59 Å². The summed E-state index contributed by atoms with van der Waals surface area (Å²) in [4.78, 5) is 27.6. The molecule has 1 rings (SSSR count). The molecule has 1 atom stereocenters. The van der Waals surface area contributed by atoms with Crippen molar-refractivity contribution < 1.29 is 19.2 Å². The molecule has 96 valence electrons. The predicted octanol–water partition coefficient (Wildman–Crippen LogP) is 1.52. The first kappa shape index (κ1) is 13.9. The Hall–Kier alpha value is -2.14. The highest BCUT2D eigenvalue weighted by atomic mass is 16.7. The Kier molecular flexibility index (Phi) is 5.60. The highest BCUT2D eigenvalue weighted by molar-refractivity contribution is 5.83. The van der Waals surface area contributed by atoms with E-state index in [1.54, 1.807) is 30.3 Å². The summed E-state index contributed by atoms with van der Waals surface area (Å²) in [6.07, 6.45) is 0.470. The van der Waals surface area contributed by atoms with Gasteiger partial charge in [-0.3, -0.25) is 14.4 Å². The minimum absolute atomic E-state index is 0.174. The molecule has 0 aromatic heterocycles. The quantitative estimate of drug-likeness (QED) is 0.359. The number of esters is 1. The third-order valence-corrected chi connectivity index (χ3v) is 2.00. The fourth-order valence-corrected chi connectivity index (χ4v) is 1.29. The van der Waals surface area contributed by atoms with Crippen LogP contribution >= 0.6 is 0 Å². The molecular weight excluding hydrogens is 234 g/mol. The average Bonchev–Trinajstić information content (AvgIpc) is 2.37. The molecule has 0 aliphatic carbocycles. The third kappa shape index (κ3) is 4.39. The lowest BCUT2D eigenvalue weighted by Gasteiger charge is -2.16. The van der Waals surface area contributed by atoms with Crippen molar-refractivity contribution in [2.45, 2.75) is 13.0 Å². The SMILES string of the molecule is C=CCONC(=O)C(OC(C)=O)c1ccccc1. The zero-order valence-corrected chi connectivity index (χ0v) is 10.1. The Morgan fingerprint density at radius 3 is 2.61 bits per heavy atom. The lowest BCUT2D eigenvalue weighted by Crippen LogP contribution is -2.32. The summed E-state index contributed by atoms with van der Waals surface area (Å²) in [5.41, 5.74) is 2.78. The Morgan fingerprint density at radius 2 is 2.06 bits per heavy atom. The van der Waals surface area contributed by atoms with Crippen molar-refractivity contribution in [1.82, 2.24) is 5.48 Å². The Balaban J connectivity index is 2.75. The molecule has 0 aliphatic rings. The van der Waals surface area contributed by atoms with Crippen LogP contribution in [-0.2, 0) is 19.2 Å². The van der Waals surface area contributed by atoms with Gasteiger partial charge in [0.1, 0.15) is 0 Å². The minimum atomic E-state index is -1.02. The van der Waals surface area contributed by atoms with Crippen LogP contribution in [0.4, 0.5) is 0 Å². The van der Waals surface area contributed by atoms with Crippen LogP contribution in [0.3, 0.4) is 0 Å². The van der Waals surface area contributed by atoms with Crippen molar-refractivity contribution in [2.75, 3.05) is 6.61 Å². The van der Waals surface area contributed by atoms with Gasteiger partial charge in [-0.1, -0.05) is 36.4 Å². The van der Waals surface area contributed by atoms with Gasteiger partial charge in [-0.05, 0) is 0 Å². The number of carbonyl (C=O) groups is 2. The Morgan fingerprint density at radius 1 is 1.39 bits per heavy atom. The number of hydrogen-bond acceptors (Lipinski definition) is 4. The summed E-state index contributed by atoms with van der Waals surface area (Å²) < 4.78 is 4.97. The number of carbonyl (C=O) groups excluding carboxylic acids is 2. The third-order valence-electron chi connectivity index (χ3n) is 2.00. The first-order valence-electron chi connectivity index (χ1n) is 5.40. The minimum Gasteiger partial charge on any atom is -0.447 e. The van der Waals surface area contributed by atoms with E-state index in [1.165, 1.54) is 13.0 Å². The van der Waals surface area contributed by atoms with E-state index in [2.05, 4.69) is 12.1 Å². The summed E-state index contributed by atoms with van der Waals surface area (Å²) in [7, 11) is 0. The average molecular weight is 249 g/mol. The number of hydroxylamine groups is 1. The molecule has 0 saturated carbocycles. The van der Waals surface area contributed by atoms with Crippen LogP contribution in [0, 0.1) is 0 Å². The predicted molar refractivity (Wildman–Crippen MR) is 65.2 cm³/mol. The van der Waals surface area contributed by atoms with Crippen LogP contribution in [0.25, 0.3) is 0 Å². The molecule has 0 heterocycles. The normalized spacial score (nSPS) is 11.4. The van der Waals surface area contributed by atoms with Gasteiger partial charge in [0, 0.05) is 12.5 Å². The van der Waals surface area contributed by atoms with Crippen molar-refractivity contribution in [3.8, 4) is 0 Å². The monoisotopic (exact) mass is 249 g/mol. The maximum absolute atomic E-state index is 11.8. The van der Waals surface area contributed by atoms with Crippen molar-refractivity contribution in [3.63, 3.8) is 0 Å². The fraction of sp³-hybridized carbons (Fsp3) is 0.231. The maximum atomic E-state index is 11.8. The molecule has 0 bridgehead atoms. The first-order valence-corrected chi connectivity index (χ1v) is 5.40. The van der Waals surface area contributed by atoms with Crippen LogP contribution in [0.1, 0.15) is 18.6 Å². The largest absolute Gasteiger partial charge is 0.447 e. The van der Waals surface area contributed by atoms with Gasteiger partial charge in [0.05, 0.1) is 6.61 Å². The van der Waals surface area contributed by atoms with Crippen molar-refractivity contribution in [1.29, 1.82) is 0 Å². The van der Waals surface area contributed by atoms with Crippen LogP contribution in [0.2, 0.25) is 0 Å². The summed E-state index contributed by atoms with van der Waals surface area (Å²) >= 11 is 0. The second-order valence-corrected chi connectivity index (χ2v) is 3.47. The topological polar surface area (TPSA) is 64.6 Å². The van der Waals surface area contributed by atoms with E-state index in [0.717, 1.165) is 0 Å². The van der Waals surface area contributed by atoms with E-state index < -0.39 is 18.0 Å². The van der Waals surface area contributed by atoms with E-state index >= 15 is 0 Å². The number of hydrogen-bond donors (Lipinski definition) is 1. The van der Waals surface area contributed by atoms with Gasteiger partial charge >= 0.3 is 5.97 Å². The summed E-state index contributed by atoms with van der Waals surface area (Å²) in [6, 6.07) is 8.70. The molecule has 1 aromatic carbocycles. The maximum Gasteiger partial charge on any atom is 0.303 e. The second-order valence-electron chi connectivity index (χ2n) is 3.47. The molecule has 0 fully saturated rings. The molecule has 1 aromatic rings. The molecule has 0 aliphatic heterocycles. The number of ether oxygens (including phenoxy) is 1. The van der Waals surface area contributed by atoms with Crippen LogP contribution in [0.5, 0.6) is 0 Å². The standard InChI is InChI=1S/C13H15NO4/c1-3-9-17-14-13(16)12(18-10(2)15)11-7-5-4-6-8-11/h3-8,12H,1,9H2,2H3,(H,14,16).